The summed E-state index contributed by atoms with van der Waals surface area (Å²) in [4.78, 5) is 0. The molecule has 2 aromatic rings. The third-order valence-electron chi connectivity index (χ3n) is 2.48. The van der Waals surface area contributed by atoms with E-state index < -0.39 is 0 Å². The Kier molecular flexibility index (Phi) is 3.20. The first-order chi connectivity index (χ1) is 8.06. The van der Waals surface area contributed by atoms with E-state index in [1.165, 1.54) is 6.07 Å². The number of anilines is 3. The molecule has 2 aromatic carbocycles. The lowest BCUT2D eigenvalue weighted by Crippen LogP contribution is -1.96. The Morgan fingerprint density at radius 3 is 2.59 bits per heavy atom. The van der Waals surface area contributed by atoms with E-state index in [9.17, 15) is 4.39 Å². The fraction of sp³-hybridized carbons (Fsp3) is 0.0769. The smallest absolute Gasteiger partial charge is 0.148 e. The van der Waals surface area contributed by atoms with Crippen molar-refractivity contribution in [3.63, 3.8) is 0 Å². The Hall–Kier alpha value is -1.74. The average Bonchev–Trinajstić information content (AvgIpc) is 2.27. The van der Waals surface area contributed by atoms with Crippen LogP contribution >= 0.6 is 11.6 Å². The van der Waals surface area contributed by atoms with Gasteiger partial charge in [0.2, 0.25) is 0 Å². The Morgan fingerprint density at radius 2 is 1.94 bits per heavy atom. The van der Waals surface area contributed by atoms with Gasteiger partial charge in [0.15, 0.2) is 0 Å². The Balaban J connectivity index is 2.28. The van der Waals surface area contributed by atoms with E-state index in [1.807, 2.05) is 13.0 Å². The molecule has 4 heteroatoms. The molecule has 17 heavy (non-hydrogen) atoms. The zero-order valence-electron chi connectivity index (χ0n) is 9.30. The number of hydrogen-bond donors (Lipinski definition) is 2. The van der Waals surface area contributed by atoms with Crippen LogP contribution in [-0.2, 0) is 0 Å². The van der Waals surface area contributed by atoms with E-state index in [4.69, 9.17) is 17.3 Å². The van der Waals surface area contributed by atoms with Crippen LogP contribution in [0.15, 0.2) is 36.4 Å². The summed E-state index contributed by atoms with van der Waals surface area (Å²) in [6.45, 7) is 1.90. The lowest BCUT2D eigenvalue weighted by molar-refractivity contribution is 0.632. The van der Waals surface area contributed by atoms with Crippen LogP contribution in [0, 0.1) is 12.7 Å². The number of aryl methyl sites for hydroxylation is 1. The Morgan fingerprint density at radius 1 is 1.18 bits per heavy atom. The van der Waals surface area contributed by atoms with Crippen molar-refractivity contribution in [1.29, 1.82) is 0 Å². The van der Waals surface area contributed by atoms with Gasteiger partial charge in [-0.05, 0) is 48.9 Å². The van der Waals surface area contributed by atoms with Gasteiger partial charge in [-0.15, -0.1) is 0 Å². The molecular weight excluding hydrogens is 239 g/mol. The van der Waals surface area contributed by atoms with Crippen LogP contribution in [0.5, 0.6) is 0 Å². The fourth-order valence-electron chi connectivity index (χ4n) is 1.50. The summed E-state index contributed by atoms with van der Waals surface area (Å²) in [7, 11) is 0. The molecule has 0 radical (unpaired) electrons. The molecule has 0 aliphatic carbocycles. The number of nitrogens with two attached hydrogens (primary N) is 1. The van der Waals surface area contributed by atoms with E-state index >= 15 is 0 Å². The molecule has 0 atom stereocenters. The first kappa shape index (κ1) is 11.7. The van der Waals surface area contributed by atoms with Crippen molar-refractivity contribution >= 4 is 28.7 Å². The summed E-state index contributed by atoms with van der Waals surface area (Å²) in [6.07, 6.45) is 0. The van der Waals surface area contributed by atoms with Gasteiger partial charge in [0.05, 0.1) is 5.69 Å². The molecule has 0 unspecified atom stereocenters. The molecule has 2 rings (SSSR count). The van der Waals surface area contributed by atoms with E-state index in [0.717, 1.165) is 11.3 Å². The van der Waals surface area contributed by atoms with E-state index in [-0.39, 0.29) is 5.82 Å². The van der Waals surface area contributed by atoms with Gasteiger partial charge in [-0.25, -0.2) is 4.39 Å². The maximum atomic E-state index is 13.5. The first-order valence-corrected chi connectivity index (χ1v) is 5.52. The molecule has 0 spiro atoms. The number of halogens is 2. The normalized spacial score (nSPS) is 10.3. The Bertz CT molecular complexity index is 555. The maximum Gasteiger partial charge on any atom is 0.148 e. The monoisotopic (exact) mass is 250 g/mol. The van der Waals surface area contributed by atoms with Gasteiger partial charge >= 0.3 is 0 Å². The Labute approximate surface area is 104 Å². The number of nitrogens with one attached hydrogen (secondary N) is 1. The molecule has 0 fully saturated rings. The molecule has 0 saturated heterocycles. The molecule has 88 valence electrons. The summed E-state index contributed by atoms with van der Waals surface area (Å²) in [6, 6.07) is 9.96. The van der Waals surface area contributed by atoms with Crippen LogP contribution in [0.2, 0.25) is 5.02 Å². The summed E-state index contributed by atoms with van der Waals surface area (Å²) in [5, 5.41) is 3.35. The molecule has 2 nitrogen and oxygen atoms in total. The van der Waals surface area contributed by atoms with Gasteiger partial charge in [0.25, 0.3) is 0 Å². The van der Waals surface area contributed by atoms with Crippen LogP contribution in [-0.4, -0.2) is 0 Å². The summed E-state index contributed by atoms with van der Waals surface area (Å²) < 4.78 is 13.5. The summed E-state index contributed by atoms with van der Waals surface area (Å²) >= 11 is 5.68. The fourth-order valence-corrected chi connectivity index (χ4v) is 1.66. The first-order valence-electron chi connectivity index (χ1n) is 5.14. The molecule has 0 amide bonds. The van der Waals surface area contributed by atoms with Crippen molar-refractivity contribution in [2.24, 2.45) is 0 Å². The highest BCUT2D eigenvalue weighted by Gasteiger charge is 2.03. The molecule has 0 aliphatic rings. The van der Waals surface area contributed by atoms with Gasteiger partial charge in [-0.2, -0.15) is 0 Å². The van der Waals surface area contributed by atoms with Crippen molar-refractivity contribution in [1.82, 2.24) is 0 Å². The second-order valence-electron chi connectivity index (χ2n) is 3.82. The van der Waals surface area contributed by atoms with Gasteiger partial charge in [0, 0.05) is 16.4 Å². The predicted octanol–water partition coefficient (Wildman–Crippen LogP) is 4.11. The number of hydrogen-bond acceptors (Lipinski definition) is 2. The summed E-state index contributed by atoms with van der Waals surface area (Å²) in [5.41, 5.74) is 8.55. The zero-order chi connectivity index (χ0) is 12.4. The van der Waals surface area contributed by atoms with Gasteiger partial charge < -0.3 is 11.1 Å². The largest absolute Gasteiger partial charge is 0.399 e. The molecule has 0 aromatic heterocycles. The van der Waals surface area contributed by atoms with E-state index in [2.05, 4.69) is 5.32 Å². The van der Waals surface area contributed by atoms with E-state index in [0.29, 0.717) is 16.4 Å². The van der Waals surface area contributed by atoms with Gasteiger partial charge in [-0.1, -0.05) is 11.6 Å². The minimum atomic E-state index is -0.382. The predicted molar refractivity (Wildman–Crippen MR) is 70.3 cm³/mol. The molecule has 0 heterocycles. The second-order valence-corrected chi connectivity index (χ2v) is 4.26. The topological polar surface area (TPSA) is 38.0 Å². The molecule has 0 saturated carbocycles. The van der Waals surface area contributed by atoms with E-state index in [1.54, 1.807) is 24.3 Å². The van der Waals surface area contributed by atoms with Crippen molar-refractivity contribution in [2.75, 3.05) is 11.1 Å². The van der Waals surface area contributed by atoms with Crippen molar-refractivity contribution in [2.45, 2.75) is 6.92 Å². The summed E-state index contributed by atoms with van der Waals surface area (Å²) in [5.74, 6) is -0.382. The average molecular weight is 251 g/mol. The quantitative estimate of drug-likeness (QED) is 0.787. The second kappa shape index (κ2) is 4.63. The highest BCUT2D eigenvalue weighted by atomic mass is 35.5. The van der Waals surface area contributed by atoms with Crippen LogP contribution in [0.3, 0.4) is 0 Å². The highest BCUT2D eigenvalue weighted by Crippen LogP contribution is 2.24. The standard InChI is InChI=1S/C13H12ClFN2/c1-8-6-10(3-4-12(8)16)17-13-5-2-9(14)7-11(13)15/h2-7,17H,16H2,1H3. The van der Waals surface area contributed by atoms with Crippen LogP contribution < -0.4 is 11.1 Å². The highest BCUT2D eigenvalue weighted by molar-refractivity contribution is 6.30. The molecule has 0 aliphatic heterocycles. The number of rotatable bonds is 2. The van der Waals surface area contributed by atoms with Crippen LogP contribution in [0.4, 0.5) is 21.5 Å². The third kappa shape index (κ3) is 2.68. The third-order valence-corrected chi connectivity index (χ3v) is 2.72. The lowest BCUT2D eigenvalue weighted by Gasteiger charge is -2.09. The van der Waals surface area contributed by atoms with Crippen molar-refractivity contribution in [3.8, 4) is 0 Å². The van der Waals surface area contributed by atoms with Crippen molar-refractivity contribution in [3.05, 3.63) is 52.8 Å². The van der Waals surface area contributed by atoms with Crippen LogP contribution in [0.1, 0.15) is 5.56 Å². The lowest BCUT2D eigenvalue weighted by atomic mass is 10.2. The number of benzene rings is 2. The van der Waals surface area contributed by atoms with Crippen LogP contribution in [0.25, 0.3) is 0 Å². The zero-order valence-corrected chi connectivity index (χ0v) is 10.1. The van der Waals surface area contributed by atoms with Gasteiger partial charge in [-0.3, -0.25) is 0 Å². The van der Waals surface area contributed by atoms with Gasteiger partial charge in [0.1, 0.15) is 5.82 Å². The molecule has 0 bridgehead atoms. The minimum Gasteiger partial charge on any atom is -0.399 e. The molecule has 3 N–H and O–H groups in total. The maximum absolute atomic E-state index is 13.5. The molecular formula is C13H12ClFN2. The minimum absolute atomic E-state index is 0.376. The van der Waals surface area contributed by atoms with Crippen molar-refractivity contribution < 1.29 is 4.39 Å². The SMILES string of the molecule is Cc1cc(Nc2ccc(Cl)cc2F)ccc1N. The number of nitrogen functional groups attached to an aromatic ring is 1.